The van der Waals surface area contributed by atoms with E-state index in [4.69, 9.17) is 0 Å². The van der Waals surface area contributed by atoms with Gasteiger partial charge in [0.15, 0.2) is 0 Å². The zero-order chi connectivity index (χ0) is 6.41. The van der Waals surface area contributed by atoms with Gasteiger partial charge >= 0.3 is 0 Å². The molecule has 0 nitrogen and oxygen atoms in total. The molecule has 8 heavy (non-hydrogen) atoms. The Morgan fingerprint density at radius 3 is 2.50 bits per heavy atom. The van der Waals surface area contributed by atoms with Gasteiger partial charge in [-0.05, 0) is 23.7 Å². The highest BCUT2D eigenvalue weighted by molar-refractivity contribution is 9.11. The van der Waals surface area contributed by atoms with E-state index in [1.54, 1.807) is 0 Å². The van der Waals surface area contributed by atoms with Crippen molar-refractivity contribution in [1.82, 2.24) is 0 Å². The molecule has 0 aliphatic heterocycles. The SMILES string of the molecule is CC(C)CC/C=C\Br. The largest absolute Gasteiger partial charge is 0.0776 e. The third-order valence-electron chi connectivity index (χ3n) is 1.000. The van der Waals surface area contributed by atoms with Crippen molar-refractivity contribution in [3.8, 4) is 0 Å². The molecule has 0 bridgehead atoms. The summed E-state index contributed by atoms with van der Waals surface area (Å²) in [6, 6.07) is 0. The fourth-order valence-corrected chi connectivity index (χ4v) is 0.757. The highest BCUT2D eigenvalue weighted by Crippen LogP contribution is 2.03. The van der Waals surface area contributed by atoms with Crippen molar-refractivity contribution in [2.75, 3.05) is 0 Å². The summed E-state index contributed by atoms with van der Waals surface area (Å²) in [4.78, 5) is 1.93. The van der Waals surface area contributed by atoms with Gasteiger partial charge in [0, 0.05) is 0 Å². The number of allylic oxidation sites excluding steroid dienone is 1. The van der Waals surface area contributed by atoms with Crippen molar-refractivity contribution in [2.24, 2.45) is 5.92 Å². The Labute approximate surface area is 60.1 Å². The Morgan fingerprint density at radius 1 is 1.50 bits per heavy atom. The fraction of sp³-hybridized carbons (Fsp3) is 0.714. The molecule has 0 unspecified atom stereocenters. The molecule has 0 saturated heterocycles. The van der Waals surface area contributed by atoms with Gasteiger partial charge in [0.25, 0.3) is 0 Å². The maximum Gasteiger partial charge on any atom is -0.0229 e. The summed E-state index contributed by atoms with van der Waals surface area (Å²) in [6.45, 7) is 4.48. The monoisotopic (exact) mass is 176 g/mol. The highest BCUT2D eigenvalue weighted by Gasteiger charge is 1.87. The third-order valence-corrected chi connectivity index (χ3v) is 1.37. The van der Waals surface area contributed by atoms with E-state index in [1.807, 2.05) is 4.99 Å². The average Bonchev–Trinajstić information content (AvgIpc) is 1.66. The second-order valence-electron chi connectivity index (χ2n) is 2.33. The molecule has 1 heteroatoms. The van der Waals surface area contributed by atoms with E-state index >= 15 is 0 Å². The van der Waals surface area contributed by atoms with Crippen molar-refractivity contribution in [2.45, 2.75) is 26.7 Å². The molecule has 0 aromatic carbocycles. The summed E-state index contributed by atoms with van der Waals surface area (Å²) in [5.41, 5.74) is 0. The van der Waals surface area contributed by atoms with Crippen LogP contribution >= 0.6 is 15.9 Å². The number of hydrogen-bond acceptors (Lipinski definition) is 0. The molecule has 0 atom stereocenters. The minimum atomic E-state index is 0.832. The third kappa shape index (κ3) is 6.22. The summed E-state index contributed by atoms with van der Waals surface area (Å²) >= 11 is 3.22. The molecule has 0 heterocycles. The van der Waals surface area contributed by atoms with Gasteiger partial charge in [0.2, 0.25) is 0 Å². The van der Waals surface area contributed by atoms with E-state index in [1.165, 1.54) is 12.8 Å². The quantitative estimate of drug-likeness (QED) is 0.620. The van der Waals surface area contributed by atoms with Crippen molar-refractivity contribution in [3.63, 3.8) is 0 Å². The van der Waals surface area contributed by atoms with Crippen molar-refractivity contribution >= 4 is 15.9 Å². The summed E-state index contributed by atoms with van der Waals surface area (Å²) in [5, 5.41) is 0. The van der Waals surface area contributed by atoms with Crippen LogP contribution in [0.1, 0.15) is 26.7 Å². The minimum absolute atomic E-state index is 0.832. The zero-order valence-electron chi connectivity index (χ0n) is 5.52. The Morgan fingerprint density at radius 2 is 2.12 bits per heavy atom. The molecular weight excluding hydrogens is 164 g/mol. The summed E-state index contributed by atoms with van der Waals surface area (Å²) < 4.78 is 0. The Balaban J connectivity index is 2.93. The molecule has 0 spiro atoms. The predicted octanol–water partition coefficient (Wildman–Crippen LogP) is 3.33. The molecular formula is C7H13Br. The van der Waals surface area contributed by atoms with E-state index in [0.29, 0.717) is 0 Å². The molecule has 0 aliphatic carbocycles. The van der Waals surface area contributed by atoms with Gasteiger partial charge in [-0.3, -0.25) is 0 Å². The topological polar surface area (TPSA) is 0 Å². The lowest BCUT2D eigenvalue weighted by molar-refractivity contribution is 0.594. The first kappa shape index (κ1) is 8.22. The lowest BCUT2D eigenvalue weighted by atomic mass is 10.1. The van der Waals surface area contributed by atoms with Crippen molar-refractivity contribution in [3.05, 3.63) is 11.1 Å². The summed E-state index contributed by atoms with van der Waals surface area (Å²) in [7, 11) is 0. The molecule has 0 fully saturated rings. The number of halogens is 1. The Bertz CT molecular complexity index is 64.8. The minimum Gasteiger partial charge on any atom is -0.0776 e. The summed E-state index contributed by atoms with van der Waals surface area (Å²) in [6.07, 6.45) is 4.63. The van der Waals surface area contributed by atoms with E-state index < -0.39 is 0 Å². The second-order valence-corrected chi connectivity index (χ2v) is 2.86. The van der Waals surface area contributed by atoms with E-state index in [9.17, 15) is 0 Å². The number of hydrogen-bond donors (Lipinski definition) is 0. The van der Waals surface area contributed by atoms with Crippen LogP contribution in [0.4, 0.5) is 0 Å². The van der Waals surface area contributed by atoms with Crippen LogP contribution in [0.2, 0.25) is 0 Å². The molecule has 0 N–H and O–H groups in total. The van der Waals surface area contributed by atoms with Gasteiger partial charge in [-0.15, -0.1) is 0 Å². The van der Waals surface area contributed by atoms with Crippen LogP contribution < -0.4 is 0 Å². The molecule has 0 rings (SSSR count). The highest BCUT2D eigenvalue weighted by atomic mass is 79.9. The van der Waals surface area contributed by atoms with Crippen LogP contribution in [-0.4, -0.2) is 0 Å². The Hall–Kier alpha value is 0.220. The average molecular weight is 177 g/mol. The van der Waals surface area contributed by atoms with Gasteiger partial charge < -0.3 is 0 Å². The van der Waals surface area contributed by atoms with Crippen LogP contribution in [0.15, 0.2) is 11.1 Å². The predicted molar refractivity (Wildman–Crippen MR) is 42.1 cm³/mol. The second kappa shape index (κ2) is 5.36. The first-order valence-corrected chi connectivity index (χ1v) is 3.94. The fourth-order valence-electron chi connectivity index (χ4n) is 0.493. The van der Waals surface area contributed by atoms with Gasteiger partial charge in [-0.25, -0.2) is 0 Å². The lowest BCUT2D eigenvalue weighted by Gasteiger charge is -1.97. The van der Waals surface area contributed by atoms with Crippen molar-refractivity contribution in [1.29, 1.82) is 0 Å². The first-order valence-electron chi connectivity index (χ1n) is 3.02. The lowest BCUT2D eigenvalue weighted by Crippen LogP contribution is -1.82. The molecule has 0 aromatic heterocycles. The molecule has 0 saturated carbocycles. The van der Waals surface area contributed by atoms with Gasteiger partial charge in [0.05, 0.1) is 0 Å². The standard InChI is InChI=1S/C7H13Br/c1-7(2)5-3-4-6-8/h4,6-7H,3,5H2,1-2H3/b6-4-. The maximum absolute atomic E-state index is 3.22. The van der Waals surface area contributed by atoms with Crippen LogP contribution in [0.3, 0.4) is 0 Å². The van der Waals surface area contributed by atoms with Crippen LogP contribution in [0.25, 0.3) is 0 Å². The molecule has 0 radical (unpaired) electrons. The van der Waals surface area contributed by atoms with E-state index in [-0.39, 0.29) is 0 Å². The van der Waals surface area contributed by atoms with Crippen LogP contribution in [0, 0.1) is 5.92 Å². The maximum atomic E-state index is 3.22. The smallest absolute Gasteiger partial charge is 0.0229 e. The van der Waals surface area contributed by atoms with Gasteiger partial charge in [-0.1, -0.05) is 35.9 Å². The summed E-state index contributed by atoms with van der Waals surface area (Å²) in [5.74, 6) is 0.832. The normalized spacial score (nSPS) is 11.5. The van der Waals surface area contributed by atoms with Crippen molar-refractivity contribution < 1.29 is 0 Å². The van der Waals surface area contributed by atoms with Crippen LogP contribution in [0.5, 0.6) is 0 Å². The molecule has 0 aromatic rings. The van der Waals surface area contributed by atoms with E-state index in [0.717, 1.165) is 5.92 Å². The first-order chi connectivity index (χ1) is 3.77. The van der Waals surface area contributed by atoms with Gasteiger partial charge in [-0.2, -0.15) is 0 Å². The van der Waals surface area contributed by atoms with E-state index in [2.05, 4.69) is 35.9 Å². The van der Waals surface area contributed by atoms with Crippen LogP contribution in [-0.2, 0) is 0 Å². The number of rotatable bonds is 3. The molecule has 0 amide bonds. The zero-order valence-corrected chi connectivity index (χ0v) is 7.11. The molecule has 0 aliphatic rings. The Kier molecular flexibility index (Phi) is 5.51. The van der Waals surface area contributed by atoms with Gasteiger partial charge in [0.1, 0.15) is 0 Å². The molecule has 48 valence electrons.